The van der Waals surface area contributed by atoms with Crippen molar-refractivity contribution >= 4 is 0 Å². The van der Waals surface area contributed by atoms with Gasteiger partial charge in [0.25, 0.3) is 0 Å². The number of hydrogen-bond acceptors (Lipinski definition) is 2. The molecule has 0 aliphatic heterocycles. The quantitative estimate of drug-likeness (QED) is 0.610. The standard InChI is InChI=1S/C10H10O2/c1-3-10(2,12)8-4-6-9(11)7-5-8/h1,4-7,11-12H,2H3. The Kier molecular flexibility index (Phi) is 2.07. The Morgan fingerprint density at radius 3 is 2.25 bits per heavy atom. The second kappa shape index (κ2) is 2.88. The molecule has 0 amide bonds. The summed E-state index contributed by atoms with van der Waals surface area (Å²) in [6.07, 6.45) is 5.11. The maximum Gasteiger partial charge on any atom is 0.147 e. The van der Waals surface area contributed by atoms with Crippen molar-refractivity contribution in [3.63, 3.8) is 0 Å². The third kappa shape index (κ3) is 1.58. The van der Waals surface area contributed by atoms with Gasteiger partial charge in [-0.3, -0.25) is 0 Å². The second-order valence-electron chi connectivity index (χ2n) is 2.76. The van der Waals surface area contributed by atoms with E-state index in [1.54, 1.807) is 12.1 Å². The van der Waals surface area contributed by atoms with Crippen molar-refractivity contribution in [1.82, 2.24) is 0 Å². The van der Waals surface area contributed by atoms with Crippen LogP contribution in [0.5, 0.6) is 5.75 Å². The largest absolute Gasteiger partial charge is 0.508 e. The molecule has 1 rings (SSSR count). The van der Waals surface area contributed by atoms with Gasteiger partial charge in [0, 0.05) is 0 Å². The lowest BCUT2D eigenvalue weighted by Gasteiger charge is -2.16. The fourth-order valence-electron chi connectivity index (χ4n) is 0.869. The zero-order valence-corrected chi connectivity index (χ0v) is 6.78. The molecule has 2 N–H and O–H groups in total. The van der Waals surface area contributed by atoms with Gasteiger partial charge in [-0.05, 0) is 24.6 Å². The van der Waals surface area contributed by atoms with Crippen molar-refractivity contribution in [2.24, 2.45) is 0 Å². The first-order chi connectivity index (χ1) is 5.56. The van der Waals surface area contributed by atoms with E-state index in [1.165, 1.54) is 19.1 Å². The molecule has 0 saturated heterocycles. The second-order valence-corrected chi connectivity index (χ2v) is 2.76. The Bertz CT molecular complexity index is 304. The summed E-state index contributed by atoms with van der Waals surface area (Å²) in [4.78, 5) is 0. The molecule has 0 aromatic heterocycles. The third-order valence-electron chi connectivity index (χ3n) is 1.71. The van der Waals surface area contributed by atoms with Gasteiger partial charge < -0.3 is 10.2 Å². The Hall–Kier alpha value is -1.46. The molecular weight excluding hydrogens is 152 g/mol. The van der Waals surface area contributed by atoms with E-state index >= 15 is 0 Å². The molecule has 0 fully saturated rings. The minimum absolute atomic E-state index is 0.159. The van der Waals surface area contributed by atoms with Gasteiger partial charge in [-0.2, -0.15) is 0 Å². The highest BCUT2D eigenvalue weighted by molar-refractivity contribution is 5.33. The average Bonchev–Trinajstić information content (AvgIpc) is 2.05. The number of aliphatic hydroxyl groups is 1. The molecular formula is C10H10O2. The van der Waals surface area contributed by atoms with Crippen LogP contribution in [-0.2, 0) is 5.60 Å². The van der Waals surface area contributed by atoms with E-state index in [9.17, 15) is 5.11 Å². The van der Waals surface area contributed by atoms with Gasteiger partial charge in [0.15, 0.2) is 0 Å². The SMILES string of the molecule is C#CC(C)(O)c1ccc(O)cc1. The van der Waals surface area contributed by atoms with Crippen molar-refractivity contribution in [1.29, 1.82) is 0 Å². The lowest BCUT2D eigenvalue weighted by Crippen LogP contribution is -2.17. The molecule has 0 aliphatic rings. The fourth-order valence-corrected chi connectivity index (χ4v) is 0.869. The average molecular weight is 162 g/mol. The van der Waals surface area contributed by atoms with Gasteiger partial charge in [-0.25, -0.2) is 0 Å². The summed E-state index contributed by atoms with van der Waals surface area (Å²) in [5.41, 5.74) is -0.656. The molecule has 2 nitrogen and oxygen atoms in total. The number of rotatable bonds is 1. The molecule has 0 saturated carbocycles. The van der Waals surface area contributed by atoms with E-state index in [4.69, 9.17) is 11.5 Å². The molecule has 2 heteroatoms. The number of terminal acetylenes is 1. The van der Waals surface area contributed by atoms with E-state index in [1.807, 2.05) is 0 Å². The molecule has 1 aromatic carbocycles. The van der Waals surface area contributed by atoms with Crippen LogP contribution in [0, 0.1) is 12.3 Å². The van der Waals surface area contributed by atoms with Crippen LogP contribution in [0.15, 0.2) is 24.3 Å². The summed E-state index contributed by atoms with van der Waals surface area (Å²) in [6, 6.07) is 6.16. The number of phenols is 1. The highest BCUT2D eigenvalue weighted by Crippen LogP contribution is 2.21. The van der Waals surface area contributed by atoms with Crippen molar-refractivity contribution in [2.45, 2.75) is 12.5 Å². The van der Waals surface area contributed by atoms with E-state index in [0.29, 0.717) is 5.56 Å². The number of hydrogen-bond donors (Lipinski definition) is 2. The first-order valence-corrected chi connectivity index (χ1v) is 3.56. The topological polar surface area (TPSA) is 40.5 Å². The summed E-state index contributed by atoms with van der Waals surface area (Å²) >= 11 is 0. The Balaban J connectivity index is 3.07. The van der Waals surface area contributed by atoms with Gasteiger partial charge in [-0.1, -0.05) is 18.1 Å². The van der Waals surface area contributed by atoms with Crippen LogP contribution in [0.4, 0.5) is 0 Å². The van der Waals surface area contributed by atoms with E-state index < -0.39 is 5.60 Å². The molecule has 1 atom stereocenters. The predicted octanol–water partition coefficient (Wildman–Crippen LogP) is 1.23. The number of benzene rings is 1. The maximum absolute atomic E-state index is 9.57. The van der Waals surface area contributed by atoms with Crippen molar-refractivity contribution in [2.75, 3.05) is 0 Å². The van der Waals surface area contributed by atoms with Gasteiger partial charge in [0.2, 0.25) is 0 Å². The Morgan fingerprint density at radius 1 is 1.33 bits per heavy atom. The smallest absolute Gasteiger partial charge is 0.147 e. The van der Waals surface area contributed by atoms with Crippen molar-refractivity contribution in [3.8, 4) is 18.1 Å². The van der Waals surface area contributed by atoms with Crippen LogP contribution in [0.2, 0.25) is 0 Å². The van der Waals surface area contributed by atoms with E-state index in [-0.39, 0.29) is 5.75 Å². The summed E-state index contributed by atoms with van der Waals surface area (Å²) < 4.78 is 0. The summed E-state index contributed by atoms with van der Waals surface area (Å²) in [6.45, 7) is 1.53. The zero-order valence-electron chi connectivity index (χ0n) is 6.78. The summed E-state index contributed by atoms with van der Waals surface area (Å²) in [5, 5.41) is 18.5. The Labute approximate surface area is 71.5 Å². The van der Waals surface area contributed by atoms with Crippen LogP contribution in [0.25, 0.3) is 0 Å². The number of phenolic OH excluding ortho intramolecular Hbond substituents is 1. The van der Waals surface area contributed by atoms with E-state index in [0.717, 1.165) is 0 Å². The molecule has 0 spiro atoms. The van der Waals surface area contributed by atoms with Crippen LogP contribution in [0.1, 0.15) is 12.5 Å². The lowest BCUT2D eigenvalue weighted by molar-refractivity contribution is 0.122. The molecule has 0 aliphatic carbocycles. The van der Waals surface area contributed by atoms with Crippen LogP contribution < -0.4 is 0 Å². The monoisotopic (exact) mass is 162 g/mol. The highest BCUT2D eigenvalue weighted by Gasteiger charge is 2.18. The molecule has 0 bridgehead atoms. The number of aromatic hydroxyl groups is 1. The van der Waals surface area contributed by atoms with Gasteiger partial charge in [-0.15, -0.1) is 6.42 Å². The summed E-state index contributed by atoms with van der Waals surface area (Å²) in [5.74, 6) is 2.41. The van der Waals surface area contributed by atoms with Crippen LogP contribution in [-0.4, -0.2) is 10.2 Å². The van der Waals surface area contributed by atoms with Gasteiger partial charge >= 0.3 is 0 Å². The molecule has 1 aromatic rings. The normalized spacial score (nSPS) is 14.8. The maximum atomic E-state index is 9.57. The zero-order chi connectivity index (χ0) is 9.19. The fraction of sp³-hybridized carbons (Fsp3) is 0.200. The van der Waals surface area contributed by atoms with Crippen LogP contribution >= 0.6 is 0 Å². The minimum atomic E-state index is -1.26. The predicted molar refractivity (Wildman–Crippen MR) is 46.5 cm³/mol. The van der Waals surface area contributed by atoms with Crippen molar-refractivity contribution < 1.29 is 10.2 Å². The van der Waals surface area contributed by atoms with Crippen LogP contribution in [0.3, 0.4) is 0 Å². The van der Waals surface area contributed by atoms with Gasteiger partial charge in [0.1, 0.15) is 11.4 Å². The molecule has 0 heterocycles. The first-order valence-electron chi connectivity index (χ1n) is 3.56. The lowest BCUT2D eigenvalue weighted by atomic mass is 9.97. The highest BCUT2D eigenvalue weighted by atomic mass is 16.3. The summed E-state index contributed by atoms with van der Waals surface area (Å²) in [7, 11) is 0. The molecule has 62 valence electrons. The van der Waals surface area contributed by atoms with E-state index in [2.05, 4.69) is 5.92 Å². The molecule has 12 heavy (non-hydrogen) atoms. The third-order valence-corrected chi connectivity index (χ3v) is 1.71. The first kappa shape index (κ1) is 8.63. The van der Waals surface area contributed by atoms with Gasteiger partial charge in [0.05, 0.1) is 0 Å². The molecule has 1 unspecified atom stereocenters. The molecule has 0 radical (unpaired) electrons. The Morgan fingerprint density at radius 2 is 1.83 bits per heavy atom. The van der Waals surface area contributed by atoms with Crippen molar-refractivity contribution in [3.05, 3.63) is 29.8 Å². The minimum Gasteiger partial charge on any atom is -0.508 e.